The molecule has 3 rings (SSSR count). The molecule has 3 aliphatic rings. The fourth-order valence-corrected chi connectivity index (χ4v) is 3.16. The molecule has 1 heterocycles. The van der Waals surface area contributed by atoms with Gasteiger partial charge in [0.2, 0.25) is 0 Å². The number of hydrogen-bond acceptors (Lipinski definition) is 3. The van der Waals surface area contributed by atoms with E-state index < -0.39 is 0 Å². The van der Waals surface area contributed by atoms with Gasteiger partial charge in [0.05, 0.1) is 11.8 Å². The molecule has 2 unspecified atom stereocenters. The normalized spacial score (nSPS) is 34.6. The van der Waals surface area contributed by atoms with Crippen molar-refractivity contribution in [2.24, 2.45) is 11.8 Å². The van der Waals surface area contributed by atoms with Gasteiger partial charge >= 0.3 is 11.9 Å². The van der Waals surface area contributed by atoms with Gasteiger partial charge in [0.15, 0.2) is 0 Å². The molecule has 2 aliphatic carbocycles. The molecule has 0 N–H and O–H groups in total. The summed E-state index contributed by atoms with van der Waals surface area (Å²) in [6.07, 6.45) is 10.1. The lowest BCUT2D eigenvalue weighted by Gasteiger charge is -2.27. The fourth-order valence-electron chi connectivity index (χ4n) is 3.16. The lowest BCUT2D eigenvalue weighted by atomic mass is 9.74. The number of allylic oxidation sites excluding steroid dienone is 4. The maximum Gasteiger partial charge on any atom is 0.317 e. The van der Waals surface area contributed by atoms with Crippen molar-refractivity contribution in [2.75, 3.05) is 0 Å². The van der Waals surface area contributed by atoms with Crippen LogP contribution in [0.1, 0.15) is 38.5 Å². The van der Waals surface area contributed by atoms with E-state index in [2.05, 4.69) is 12.2 Å². The van der Waals surface area contributed by atoms with Gasteiger partial charge in [-0.1, -0.05) is 23.3 Å². The van der Waals surface area contributed by atoms with Gasteiger partial charge in [0.25, 0.3) is 0 Å². The SMILES string of the molecule is O=C1OC(=O)C2CC3=C(CC/C=C\CC3)CC12. The topological polar surface area (TPSA) is 43.4 Å². The van der Waals surface area contributed by atoms with Crippen LogP contribution in [0.25, 0.3) is 0 Å². The largest absolute Gasteiger partial charge is 0.393 e. The predicted octanol–water partition coefficient (Wildman–Crippen LogP) is 2.52. The lowest BCUT2D eigenvalue weighted by molar-refractivity contribution is -0.153. The van der Waals surface area contributed by atoms with Crippen molar-refractivity contribution in [1.82, 2.24) is 0 Å². The third-order valence-corrected chi connectivity index (χ3v) is 4.12. The monoisotopic (exact) mass is 232 g/mol. The molecular formula is C14H16O3. The van der Waals surface area contributed by atoms with Gasteiger partial charge in [0, 0.05) is 0 Å². The Labute approximate surface area is 101 Å². The van der Waals surface area contributed by atoms with Gasteiger partial charge in [-0.3, -0.25) is 9.59 Å². The molecule has 0 amide bonds. The molecule has 2 atom stereocenters. The molecule has 3 heteroatoms. The van der Waals surface area contributed by atoms with Crippen molar-refractivity contribution in [3.8, 4) is 0 Å². The second kappa shape index (κ2) is 4.13. The van der Waals surface area contributed by atoms with Gasteiger partial charge in [-0.2, -0.15) is 0 Å². The third kappa shape index (κ3) is 1.84. The summed E-state index contributed by atoms with van der Waals surface area (Å²) in [7, 11) is 0. The predicted molar refractivity (Wildman–Crippen MR) is 61.9 cm³/mol. The Morgan fingerprint density at radius 3 is 1.82 bits per heavy atom. The molecule has 1 fully saturated rings. The zero-order valence-electron chi connectivity index (χ0n) is 9.78. The van der Waals surface area contributed by atoms with E-state index in [9.17, 15) is 9.59 Å². The second-order valence-corrected chi connectivity index (χ2v) is 5.12. The van der Waals surface area contributed by atoms with Crippen LogP contribution >= 0.6 is 0 Å². The molecule has 0 aromatic heterocycles. The van der Waals surface area contributed by atoms with Crippen LogP contribution < -0.4 is 0 Å². The van der Waals surface area contributed by atoms with Crippen molar-refractivity contribution in [3.63, 3.8) is 0 Å². The van der Waals surface area contributed by atoms with E-state index in [1.165, 1.54) is 11.1 Å². The van der Waals surface area contributed by atoms with Crippen LogP contribution in [-0.2, 0) is 14.3 Å². The molecular weight excluding hydrogens is 216 g/mol. The highest BCUT2D eigenvalue weighted by Crippen LogP contribution is 2.42. The number of rotatable bonds is 0. The van der Waals surface area contributed by atoms with E-state index >= 15 is 0 Å². The molecule has 3 nitrogen and oxygen atoms in total. The van der Waals surface area contributed by atoms with Crippen LogP contribution in [0.2, 0.25) is 0 Å². The number of hydrogen-bond donors (Lipinski definition) is 0. The van der Waals surface area contributed by atoms with Crippen molar-refractivity contribution in [2.45, 2.75) is 38.5 Å². The summed E-state index contributed by atoms with van der Waals surface area (Å²) in [5.74, 6) is -0.984. The molecule has 17 heavy (non-hydrogen) atoms. The number of cyclic esters (lactones) is 2. The van der Waals surface area contributed by atoms with Crippen LogP contribution in [0, 0.1) is 11.8 Å². The lowest BCUT2D eigenvalue weighted by Crippen LogP contribution is -2.24. The average molecular weight is 232 g/mol. The summed E-state index contributed by atoms with van der Waals surface area (Å²) in [5, 5.41) is 0. The Morgan fingerprint density at radius 1 is 0.882 bits per heavy atom. The smallest absolute Gasteiger partial charge is 0.317 e. The molecule has 1 aliphatic heterocycles. The van der Waals surface area contributed by atoms with Crippen LogP contribution in [0.15, 0.2) is 23.3 Å². The highest BCUT2D eigenvalue weighted by Gasteiger charge is 2.46. The maximum absolute atomic E-state index is 11.6. The Hall–Kier alpha value is -1.38. The molecule has 0 radical (unpaired) electrons. The first-order chi connectivity index (χ1) is 8.25. The molecule has 0 bridgehead atoms. The second-order valence-electron chi connectivity index (χ2n) is 5.12. The molecule has 0 aromatic rings. The van der Waals surface area contributed by atoms with Gasteiger partial charge in [-0.25, -0.2) is 0 Å². The van der Waals surface area contributed by atoms with E-state index in [1.807, 2.05) is 0 Å². The Morgan fingerprint density at radius 2 is 1.35 bits per heavy atom. The minimum atomic E-state index is -0.302. The summed E-state index contributed by atoms with van der Waals surface area (Å²) >= 11 is 0. The van der Waals surface area contributed by atoms with E-state index in [-0.39, 0.29) is 23.8 Å². The quantitative estimate of drug-likeness (QED) is 0.366. The minimum Gasteiger partial charge on any atom is -0.393 e. The first kappa shape index (κ1) is 10.8. The molecule has 1 saturated heterocycles. The summed E-state index contributed by atoms with van der Waals surface area (Å²) < 4.78 is 4.76. The number of fused-ring (bicyclic) bond motifs is 1. The van der Waals surface area contributed by atoms with Gasteiger partial charge in [0.1, 0.15) is 0 Å². The molecule has 0 spiro atoms. The highest BCUT2D eigenvalue weighted by molar-refractivity contribution is 5.97. The van der Waals surface area contributed by atoms with Crippen molar-refractivity contribution in [1.29, 1.82) is 0 Å². The van der Waals surface area contributed by atoms with Crippen molar-refractivity contribution in [3.05, 3.63) is 23.3 Å². The Bertz CT molecular complexity index is 393. The van der Waals surface area contributed by atoms with E-state index in [4.69, 9.17) is 4.74 Å². The van der Waals surface area contributed by atoms with E-state index in [1.54, 1.807) is 0 Å². The van der Waals surface area contributed by atoms with Gasteiger partial charge in [-0.15, -0.1) is 0 Å². The van der Waals surface area contributed by atoms with Crippen LogP contribution in [-0.4, -0.2) is 11.9 Å². The number of carbonyl (C=O) groups excluding carboxylic acids is 2. The first-order valence-electron chi connectivity index (χ1n) is 6.36. The standard InChI is InChI=1S/C14H16O3/c15-13-11-7-9-5-3-1-2-4-6-10(9)8-12(11)14(16)17-13/h1-2,11-12H,3-8H2/b2-1-. The first-order valence-corrected chi connectivity index (χ1v) is 6.36. The van der Waals surface area contributed by atoms with Crippen LogP contribution in [0.4, 0.5) is 0 Å². The van der Waals surface area contributed by atoms with Crippen molar-refractivity contribution < 1.29 is 14.3 Å². The van der Waals surface area contributed by atoms with Crippen LogP contribution in [0.3, 0.4) is 0 Å². The summed E-state index contributed by atoms with van der Waals surface area (Å²) in [5.41, 5.74) is 2.81. The molecule has 0 saturated carbocycles. The van der Waals surface area contributed by atoms with E-state index in [0.717, 1.165) is 38.5 Å². The minimum absolute atomic E-state index is 0.190. The zero-order chi connectivity index (χ0) is 11.8. The molecule has 0 aromatic carbocycles. The van der Waals surface area contributed by atoms with Gasteiger partial charge < -0.3 is 4.74 Å². The highest BCUT2D eigenvalue weighted by atomic mass is 16.6. The average Bonchev–Trinajstić information content (AvgIpc) is 2.54. The molecule has 90 valence electrons. The van der Waals surface area contributed by atoms with Crippen molar-refractivity contribution >= 4 is 11.9 Å². The Balaban J connectivity index is 1.86. The van der Waals surface area contributed by atoms with E-state index in [0.29, 0.717) is 0 Å². The van der Waals surface area contributed by atoms with Gasteiger partial charge in [-0.05, 0) is 38.5 Å². The third-order valence-electron chi connectivity index (χ3n) is 4.12. The maximum atomic E-state index is 11.6. The Kier molecular flexibility index (Phi) is 2.61. The number of ether oxygens (including phenoxy) is 1. The summed E-state index contributed by atoms with van der Waals surface area (Å²) in [6, 6.07) is 0. The number of esters is 2. The van der Waals surface area contributed by atoms with Crippen LogP contribution in [0.5, 0.6) is 0 Å². The summed E-state index contributed by atoms with van der Waals surface area (Å²) in [4.78, 5) is 23.1. The number of carbonyl (C=O) groups is 2. The fraction of sp³-hybridized carbons (Fsp3) is 0.571. The zero-order valence-corrected chi connectivity index (χ0v) is 9.78. The summed E-state index contributed by atoms with van der Waals surface area (Å²) in [6.45, 7) is 0.